The van der Waals surface area contributed by atoms with Gasteiger partial charge in [-0.25, -0.2) is 0 Å². The number of nitrogens with one attached hydrogen (secondary N) is 2. The highest BCUT2D eigenvalue weighted by molar-refractivity contribution is 5.85. The van der Waals surface area contributed by atoms with E-state index in [1.165, 1.54) is 0 Å². The average Bonchev–Trinajstić information content (AvgIpc) is 1.99. The highest BCUT2D eigenvalue weighted by Gasteiger charge is 2.24. The SMILES string of the molecule is CCC(C)(C)NC(=O)CN(C)C1CNC1.Cl. The Balaban J connectivity index is 0.00000225. The van der Waals surface area contributed by atoms with Crippen LogP contribution in [0.3, 0.4) is 0 Å². The zero-order valence-corrected chi connectivity index (χ0v) is 11.5. The van der Waals surface area contributed by atoms with Crippen molar-refractivity contribution in [3.8, 4) is 0 Å². The first-order valence-electron chi connectivity index (χ1n) is 5.66. The molecule has 0 unspecified atom stereocenters. The smallest absolute Gasteiger partial charge is 0.234 e. The molecule has 5 heteroatoms. The molecule has 0 bridgehead atoms. The summed E-state index contributed by atoms with van der Waals surface area (Å²) in [5, 5.41) is 6.24. The van der Waals surface area contributed by atoms with Crippen molar-refractivity contribution in [3.63, 3.8) is 0 Å². The summed E-state index contributed by atoms with van der Waals surface area (Å²) in [6.45, 7) is 8.68. The highest BCUT2D eigenvalue weighted by atomic mass is 35.5. The highest BCUT2D eigenvalue weighted by Crippen LogP contribution is 2.07. The van der Waals surface area contributed by atoms with Crippen molar-refractivity contribution in [2.75, 3.05) is 26.7 Å². The predicted octanol–water partition coefficient (Wildman–Crippen LogP) is 0.617. The number of rotatable bonds is 5. The maximum Gasteiger partial charge on any atom is 0.234 e. The van der Waals surface area contributed by atoms with Crippen LogP contribution in [0, 0.1) is 0 Å². The molecule has 1 aliphatic heterocycles. The van der Waals surface area contributed by atoms with Crippen molar-refractivity contribution in [2.45, 2.75) is 38.8 Å². The number of carbonyl (C=O) groups excluding carboxylic acids is 1. The molecule has 0 aromatic carbocycles. The fourth-order valence-corrected chi connectivity index (χ4v) is 1.45. The molecule has 0 spiro atoms. The third-order valence-corrected chi connectivity index (χ3v) is 3.14. The molecule has 96 valence electrons. The molecule has 0 aromatic rings. The van der Waals surface area contributed by atoms with Crippen molar-refractivity contribution in [1.82, 2.24) is 15.5 Å². The number of hydrogen-bond acceptors (Lipinski definition) is 3. The van der Waals surface area contributed by atoms with Gasteiger partial charge in [0.05, 0.1) is 6.54 Å². The van der Waals surface area contributed by atoms with E-state index in [0.29, 0.717) is 12.6 Å². The predicted molar refractivity (Wildman–Crippen MR) is 69.0 cm³/mol. The van der Waals surface area contributed by atoms with Gasteiger partial charge < -0.3 is 10.6 Å². The second-order valence-corrected chi connectivity index (χ2v) is 5.01. The summed E-state index contributed by atoms with van der Waals surface area (Å²) in [6.07, 6.45) is 0.952. The first-order chi connectivity index (χ1) is 6.94. The molecule has 0 atom stereocenters. The van der Waals surface area contributed by atoms with E-state index in [-0.39, 0.29) is 23.9 Å². The molecular weight excluding hydrogens is 226 g/mol. The fraction of sp³-hybridized carbons (Fsp3) is 0.909. The lowest BCUT2D eigenvalue weighted by molar-refractivity contribution is -0.124. The molecule has 1 saturated heterocycles. The van der Waals surface area contributed by atoms with Gasteiger partial charge in [-0.3, -0.25) is 9.69 Å². The van der Waals surface area contributed by atoms with E-state index < -0.39 is 0 Å². The number of likely N-dealkylation sites (N-methyl/N-ethyl adjacent to an activating group) is 1. The largest absolute Gasteiger partial charge is 0.350 e. The lowest BCUT2D eigenvalue weighted by Crippen LogP contribution is -2.58. The summed E-state index contributed by atoms with van der Waals surface area (Å²) in [6, 6.07) is 0.528. The molecular formula is C11H24ClN3O. The number of nitrogens with zero attached hydrogens (tertiary/aromatic N) is 1. The van der Waals surface area contributed by atoms with Crippen molar-refractivity contribution in [1.29, 1.82) is 0 Å². The third kappa shape index (κ3) is 4.68. The molecule has 0 aromatic heterocycles. The Morgan fingerprint density at radius 2 is 2.06 bits per heavy atom. The molecule has 1 fully saturated rings. The second-order valence-electron chi connectivity index (χ2n) is 5.01. The fourth-order valence-electron chi connectivity index (χ4n) is 1.45. The normalized spacial score (nSPS) is 16.6. The summed E-state index contributed by atoms with van der Waals surface area (Å²) in [5.41, 5.74) is -0.0875. The van der Waals surface area contributed by atoms with Crippen LogP contribution in [0.1, 0.15) is 27.2 Å². The van der Waals surface area contributed by atoms with E-state index in [2.05, 4.69) is 36.3 Å². The van der Waals surface area contributed by atoms with Crippen molar-refractivity contribution < 1.29 is 4.79 Å². The minimum absolute atomic E-state index is 0. The molecule has 4 nitrogen and oxygen atoms in total. The van der Waals surface area contributed by atoms with Crippen molar-refractivity contribution >= 4 is 18.3 Å². The maximum atomic E-state index is 11.7. The molecule has 1 rings (SSSR count). The van der Waals surface area contributed by atoms with Crippen LogP contribution in [0.2, 0.25) is 0 Å². The number of amides is 1. The second kappa shape index (κ2) is 6.42. The van der Waals surface area contributed by atoms with Crippen LogP contribution in [-0.4, -0.2) is 49.1 Å². The minimum atomic E-state index is -0.0875. The molecule has 0 saturated carbocycles. The zero-order valence-electron chi connectivity index (χ0n) is 10.7. The van der Waals surface area contributed by atoms with Gasteiger partial charge in [0.25, 0.3) is 0 Å². The van der Waals surface area contributed by atoms with Gasteiger partial charge in [0.2, 0.25) is 5.91 Å². The van der Waals surface area contributed by atoms with E-state index in [1.54, 1.807) is 0 Å². The topological polar surface area (TPSA) is 44.4 Å². The van der Waals surface area contributed by atoms with Gasteiger partial charge in [-0.15, -0.1) is 12.4 Å². The summed E-state index contributed by atoms with van der Waals surface area (Å²) in [5.74, 6) is 0.122. The summed E-state index contributed by atoms with van der Waals surface area (Å²) in [7, 11) is 2.00. The summed E-state index contributed by atoms with van der Waals surface area (Å²) < 4.78 is 0. The molecule has 16 heavy (non-hydrogen) atoms. The lowest BCUT2D eigenvalue weighted by atomic mass is 10.0. The Labute approximate surface area is 105 Å². The van der Waals surface area contributed by atoms with Gasteiger partial charge in [-0.2, -0.15) is 0 Å². The Hall–Kier alpha value is -0.320. The zero-order chi connectivity index (χ0) is 11.5. The molecule has 0 radical (unpaired) electrons. The van der Waals surface area contributed by atoms with E-state index in [4.69, 9.17) is 0 Å². The molecule has 1 heterocycles. The first-order valence-corrected chi connectivity index (χ1v) is 5.66. The van der Waals surface area contributed by atoms with Gasteiger partial charge in [0, 0.05) is 24.7 Å². The number of hydrogen-bond donors (Lipinski definition) is 2. The molecule has 1 amide bonds. The van der Waals surface area contributed by atoms with E-state index in [9.17, 15) is 4.79 Å². The van der Waals surface area contributed by atoms with Gasteiger partial charge in [0.15, 0.2) is 0 Å². The van der Waals surface area contributed by atoms with Gasteiger partial charge in [-0.05, 0) is 27.3 Å². The summed E-state index contributed by atoms with van der Waals surface area (Å²) >= 11 is 0. The number of carbonyl (C=O) groups is 1. The first kappa shape index (κ1) is 15.7. The van der Waals surface area contributed by atoms with Crippen LogP contribution in [-0.2, 0) is 4.79 Å². The van der Waals surface area contributed by atoms with Crippen molar-refractivity contribution in [3.05, 3.63) is 0 Å². The van der Waals surface area contributed by atoms with Gasteiger partial charge >= 0.3 is 0 Å². The van der Waals surface area contributed by atoms with Crippen molar-refractivity contribution in [2.24, 2.45) is 0 Å². The van der Waals surface area contributed by atoms with Crippen LogP contribution in [0.15, 0.2) is 0 Å². The van der Waals surface area contributed by atoms with Crippen LogP contribution < -0.4 is 10.6 Å². The van der Waals surface area contributed by atoms with E-state index >= 15 is 0 Å². The third-order valence-electron chi connectivity index (χ3n) is 3.14. The Bertz CT molecular complexity index is 229. The lowest BCUT2D eigenvalue weighted by Gasteiger charge is -2.36. The average molecular weight is 250 g/mol. The monoisotopic (exact) mass is 249 g/mol. The van der Waals surface area contributed by atoms with E-state index in [0.717, 1.165) is 19.5 Å². The standard InChI is InChI=1S/C11H23N3O.ClH/c1-5-11(2,3)13-10(15)8-14(4)9-6-12-7-9;/h9,12H,5-8H2,1-4H3,(H,13,15);1H. The van der Waals surface area contributed by atoms with Crippen LogP contribution in [0.25, 0.3) is 0 Å². The Morgan fingerprint density at radius 3 is 2.44 bits per heavy atom. The van der Waals surface area contributed by atoms with Gasteiger partial charge in [0.1, 0.15) is 0 Å². The van der Waals surface area contributed by atoms with Crippen LogP contribution in [0.5, 0.6) is 0 Å². The molecule has 0 aliphatic carbocycles. The molecule has 2 N–H and O–H groups in total. The van der Waals surface area contributed by atoms with E-state index in [1.807, 2.05) is 7.05 Å². The Morgan fingerprint density at radius 1 is 1.50 bits per heavy atom. The number of halogens is 1. The van der Waals surface area contributed by atoms with Gasteiger partial charge in [-0.1, -0.05) is 6.92 Å². The van der Waals surface area contributed by atoms with Crippen LogP contribution >= 0.6 is 12.4 Å². The Kier molecular flexibility index (Phi) is 6.30. The molecule has 1 aliphatic rings. The van der Waals surface area contributed by atoms with Crippen LogP contribution in [0.4, 0.5) is 0 Å². The minimum Gasteiger partial charge on any atom is -0.350 e. The maximum absolute atomic E-state index is 11.7. The quantitative estimate of drug-likeness (QED) is 0.751. The summed E-state index contributed by atoms with van der Waals surface area (Å²) in [4.78, 5) is 13.8.